The Kier molecular flexibility index (Phi) is 8.62. The quantitative estimate of drug-likeness (QED) is 0.472. The predicted octanol–water partition coefficient (Wildman–Crippen LogP) is 5.18. The fraction of sp³-hybridized carbons (Fsp3) is 0.400. The molecule has 0 aliphatic rings. The van der Waals surface area contributed by atoms with Crippen LogP contribution in [0.15, 0.2) is 42.5 Å². The van der Waals surface area contributed by atoms with E-state index in [0.29, 0.717) is 0 Å². The van der Waals surface area contributed by atoms with Crippen LogP contribution in [-0.2, 0) is 19.2 Å². The number of benzene rings is 1. The molecule has 2 aromatic carbocycles. The van der Waals surface area contributed by atoms with Gasteiger partial charge < -0.3 is 5.73 Å². The van der Waals surface area contributed by atoms with E-state index in [1.807, 2.05) is 20.8 Å². The molecule has 0 amide bonds. The molecule has 0 unspecified atom stereocenters. The summed E-state index contributed by atoms with van der Waals surface area (Å²) in [5.74, 6) is 0. The number of fused-ring (bicyclic) bond motifs is 1. The maximum absolute atomic E-state index is 6.94. The summed E-state index contributed by atoms with van der Waals surface area (Å²) < 4.78 is 0. The molecule has 0 atom stereocenters. The molecule has 0 heterocycles. The maximum atomic E-state index is 6.94. The van der Waals surface area contributed by atoms with Gasteiger partial charge in [-0.3, -0.25) is 0 Å². The van der Waals surface area contributed by atoms with E-state index in [1.54, 1.807) is 0 Å². The van der Waals surface area contributed by atoms with Crippen molar-refractivity contribution in [3.63, 3.8) is 0 Å². The first-order valence-corrected chi connectivity index (χ1v) is 10.9. The zero-order valence-corrected chi connectivity index (χ0v) is 14.6. The average molecular weight is 293 g/mol. The molecule has 18 heavy (non-hydrogen) atoms. The smallest absolute Gasteiger partial charge is 0.0809 e. The minimum atomic E-state index is -0.250. The summed E-state index contributed by atoms with van der Waals surface area (Å²) in [6.45, 7) is 10.1. The number of hydrogen-bond acceptors (Lipinski definition) is 0. The number of rotatable bonds is 0. The van der Waals surface area contributed by atoms with Gasteiger partial charge in [0.05, 0.1) is 0 Å². The molecule has 0 bridgehead atoms. The monoisotopic (exact) mass is 293 g/mol. The van der Waals surface area contributed by atoms with Gasteiger partial charge in [0.2, 0.25) is 0 Å². The molecule has 0 aliphatic carbocycles. The molecule has 0 saturated carbocycles. The van der Waals surface area contributed by atoms with Crippen molar-refractivity contribution in [1.82, 2.24) is 0 Å². The van der Waals surface area contributed by atoms with Crippen LogP contribution in [-0.4, -0.2) is 11.7 Å². The third kappa shape index (κ3) is 12.2. The molecule has 96 valence electrons. The second kappa shape index (κ2) is 8.76. The van der Waals surface area contributed by atoms with Gasteiger partial charge in [-0.15, -0.1) is 35.2 Å². The van der Waals surface area contributed by atoms with Crippen LogP contribution in [0, 0.1) is 0 Å². The normalized spacial score (nSPS) is 10.0. The predicted molar refractivity (Wildman–Crippen MR) is 81.1 cm³/mol. The average Bonchev–Trinajstić information content (AvgIpc) is 2.61. The third-order valence-corrected chi connectivity index (χ3v) is 1.55. The maximum Gasteiger partial charge on any atom is -0.0809 e. The zero-order valence-electron chi connectivity index (χ0n) is 12.0. The summed E-state index contributed by atoms with van der Waals surface area (Å²) in [7, 11) is 0. The molecule has 0 radical (unpaired) electrons. The summed E-state index contributed by atoms with van der Waals surface area (Å²) in [6.07, 6.45) is 0.120. The molecular formula is C15H23NSiTi. The van der Waals surface area contributed by atoms with Gasteiger partial charge >= 0.3 is 38.5 Å². The van der Waals surface area contributed by atoms with Gasteiger partial charge in [-0.1, -0.05) is 26.8 Å². The van der Waals surface area contributed by atoms with Gasteiger partial charge in [0.15, 0.2) is 0 Å². The summed E-state index contributed by atoms with van der Waals surface area (Å²) in [4.78, 5) is 0. The SMILES string of the molecule is CC(C)(C)[NH-].C[Si](C)=[Ti+2].c1ccc2[cH-]ccc2c1. The summed E-state index contributed by atoms with van der Waals surface area (Å²) >= 11 is 2.27. The van der Waals surface area contributed by atoms with Gasteiger partial charge in [0, 0.05) is 0 Å². The van der Waals surface area contributed by atoms with E-state index < -0.39 is 0 Å². The van der Waals surface area contributed by atoms with Crippen LogP contribution in [0.5, 0.6) is 0 Å². The fourth-order valence-electron chi connectivity index (χ4n) is 1.07. The Balaban J connectivity index is 0.000000278. The van der Waals surface area contributed by atoms with Gasteiger partial charge in [-0.05, 0) is 0 Å². The first kappa shape index (κ1) is 17.7. The van der Waals surface area contributed by atoms with E-state index >= 15 is 0 Å². The standard InChI is InChI=1S/C9H7.C4H10N.C2H6Si.Ti/c1-2-5-9-7-3-6-8(9)4-1;1-4(2,3)5;1-3-2;/h1-7H;5H,1-3H3;1-2H3;/q2*-1;;+2. The van der Waals surface area contributed by atoms with Crippen molar-refractivity contribution in [1.29, 1.82) is 0 Å². The molecule has 0 aromatic heterocycles. The van der Waals surface area contributed by atoms with Crippen LogP contribution < -0.4 is 0 Å². The molecule has 0 fully saturated rings. The number of nitrogens with one attached hydrogen (secondary N) is 1. The van der Waals surface area contributed by atoms with Gasteiger partial charge in [-0.2, -0.15) is 17.5 Å². The van der Waals surface area contributed by atoms with Crippen molar-refractivity contribution in [3.8, 4) is 0 Å². The third-order valence-electron chi connectivity index (χ3n) is 1.55. The summed E-state index contributed by atoms with van der Waals surface area (Å²) in [5.41, 5.74) is 6.69. The first-order chi connectivity index (χ1) is 8.20. The summed E-state index contributed by atoms with van der Waals surface area (Å²) in [5, 5.41) is 2.66. The van der Waals surface area contributed by atoms with Crippen molar-refractivity contribution in [2.45, 2.75) is 39.4 Å². The van der Waals surface area contributed by atoms with Crippen LogP contribution in [0.1, 0.15) is 20.8 Å². The van der Waals surface area contributed by atoms with E-state index in [0.717, 1.165) is 0 Å². The Morgan fingerprint density at radius 1 is 1.11 bits per heavy atom. The minimum Gasteiger partial charge on any atom is -0.168 e. The largest absolute Gasteiger partial charge is 0.168 e. The molecule has 0 saturated heterocycles. The molecule has 0 spiro atoms. The second-order valence-electron chi connectivity index (χ2n) is 5.40. The van der Waals surface area contributed by atoms with Crippen LogP contribution in [0.3, 0.4) is 0 Å². The zero-order chi connectivity index (χ0) is 14.2. The number of hydrogen-bond donors (Lipinski definition) is 0. The van der Waals surface area contributed by atoms with Gasteiger partial charge in [0.25, 0.3) is 0 Å². The molecule has 2 aromatic rings. The minimum absolute atomic E-state index is 0.120. The molecule has 1 nitrogen and oxygen atoms in total. The van der Waals surface area contributed by atoms with Gasteiger partial charge in [0.1, 0.15) is 0 Å². The van der Waals surface area contributed by atoms with E-state index in [4.69, 9.17) is 5.73 Å². The molecular weight excluding hydrogens is 270 g/mol. The first-order valence-electron chi connectivity index (χ1n) is 6.07. The Labute approximate surface area is 123 Å². The van der Waals surface area contributed by atoms with Crippen molar-refractivity contribution in [2.75, 3.05) is 0 Å². The Morgan fingerprint density at radius 2 is 1.56 bits per heavy atom. The van der Waals surface area contributed by atoms with E-state index in [9.17, 15) is 0 Å². The van der Waals surface area contributed by atoms with Crippen LogP contribution in [0.4, 0.5) is 0 Å². The van der Waals surface area contributed by atoms with Crippen molar-refractivity contribution < 1.29 is 19.2 Å². The van der Waals surface area contributed by atoms with E-state index in [2.05, 4.69) is 74.7 Å². The van der Waals surface area contributed by atoms with Gasteiger partial charge in [-0.25, -0.2) is 0 Å². The molecule has 1 N–H and O–H groups in total. The van der Waals surface area contributed by atoms with Crippen molar-refractivity contribution >= 4 is 17.0 Å². The van der Waals surface area contributed by atoms with Crippen molar-refractivity contribution in [3.05, 3.63) is 48.2 Å². The van der Waals surface area contributed by atoms with Crippen LogP contribution in [0.2, 0.25) is 13.1 Å². The fourth-order valence-corrected chi connectivity index (χ4v) is 1.07. The molecule has 0 aliphatic heterocycles. The topological polar surface area (TPSA) is 23.8 Å². The Bertz CT molecular complexity index is 428. The van der Waals surface area contributed by atoms with E-state index in [1.165, 1.54) is 10.8 Å². The molecule has 2 rings (SSSR count). The second-order valence-corrected chi connectivity index (χ2v) is 12.1. The summed E-state index contributed by atoms with van der Waals surface area (Å²) in [6, 6.07) is 14.7. The van der Waals surface area contributed by atoms with E-state index in [-0.39, 0.29) is 11.7 Å². The van der Waals surface area contributed by atoms with Crippen LogP contribution >= 0.6 is 0 Å². The Morgan fingerprint density at radius 3 is 2.00 bits per heavy atom. The van der Waals surface area contributed by atoms with Crippen LogP contribution in [0.25, 0.3) is 16.5 Å². The Hall–Kier alpha value is -0.279. The molecule has 3 heteroatoms. The van der Waals surface area contributed by atoms with Crippen molar-refractivity contribution in [2.24, 2.45) is 0 Å².